The van der Waals surface area contributed by atoms with Crippen LogP contribution in [0.15, 0.2) is 170 Å². The molecule has 0 bridgehead atoms. The number of benzene rings is 8. The lowest BCUT2D eigenvalue weighted by molar-refractivity contribution is 0.409. The van der Waals surface area contributed by atoms with Crippen LogP contribution in [0.25, 0.3) is 66.8 Å². The van der Waals surface area contributed by atoms with E-state index in [1.807, 2.05) is 0 Å². The number of methoxy groups -OCH3 is 2. The SMILES string of the molecule is CCc1c(-c2ccccc2)ccc(N(C)C)c1-c1c(N(C)C)ccc(-c2ccccc2)c1CC.CCc1c(-c2ccccc2)ccc(OC)c1-c1c(OC)ccc(-c2ccccc2)c1CC. The van der Waals surface area contributed by atoms with Gasteiger partial charge >= 0.3 is 0 Å². The molecule has 8 aromatic carbocycles. The highest BCUT2D eigenvalue weighted by Gasteiger charge is 2.26. The Morgan fingerprint density at radius 2 is 0.545 bits per heavy atom. The normalized spacial score (nSPS) is 10.8. The average molecular weight is 871 g/mol. The van der Waals surface area contributed by atoms with Crippen molar-refractivity contribution in [3.8, 4) is 78.3 Å². The van der Waals surface area contributed by atoms with Gasteiger partial charge in [0, 0.05) is 61.8 Å². The summed E-state index contributed by atoms with van der Waals surface area (Å²) in [6.45, 7) is 8.99. The van der Waals surface area contributed by atoms with Crippen LogP contribution < -0.4 is 19.3 Å². The molecule has 0 heterocycles. The van der Waals surface area contributed by atoms with Crippen LogP contribution in [-0.2, 0) is 25.7 Å². The highest BCUT2D eigenvalue weighted by molar-refractivity contribution is 5.97. The summed E-state index contributed by atoms with van der Waals surface area (Å²) >= 11 is 0. The second-order valence-electron chi connectivity index (χ2n) is 17.0. The Hall–Kier alpha value is -7.04. The maximum atomic E-state index is 5.92. The van der Waals surface area contributed by atoms with Crippen molar-refractivity contribution in [3.05, 3.63) is 192 Å². The standard InChI is InChI=1S/C32H36N2.C30H30O2/c1-7-25-27(23-15-11-9-12-16-23)19-21-29(33(3)4)31(25)32-26(8-2)28(20-22-30(32)34(5)6)24-17-13-10-14-18-24;1-5-23-25(21-13-9-7-10-14-21)17-19-27(31-3)29(23)30-24(6-2)26(18-20-28(30)32-4)22-15-11-8-12-16-22/h9-22H,7-8H2,1-6H3;7-20H,5-6H2,1-4H3. The lowest BCUT2D eigenvalue weighted by atomic mass is 9.83. The summed E-state index contributed by atoms with van der Waals surface area (Å²) < 4.78 is 11.8. The summed E-state index contributed by atoms with van der Waals surface area (Å²) in [5, 5.41) is 0. The van der Waals surface area contributed by atoms with Gasteiger partial charge in [-0.3, -0.25) is 0 Å². The van der Waals surface area contributed by atoms with Gasteiger partial charge in [-0.15, -0.1) is 0 Å². The largest absolute Gasteiger partial charge is 0.496 e. The van der Waals surface area contributed by atoms with Crippen molar-refractivity contribution in [2.75, 3.05) is 52.2 Å². The molecule has 8 rings (SSSR count). The van der Waals surface area contributed by atoms with Gasteiger partial charge in [0.25, 0.3) is 0 Å². The number of hydrogen-bond donors (Lipinski definition) is 0. The first-order valence-electron chi connectivity index (χ1n) is 23.5. The van der Waals surface area contributed by atoms with Crippen LogP contribution in [-0.4, -0.2) is 42.4 Å². The Kier molecular flexibility index (Phi) is 15.5. The first kappa shape index (κ1) is 46.9. The molecule has 0 radical (unpaired) electrons. The minimum absolute atomic E-state index is 0.875. The van der Waals surface area contributed by atoms with Gasteiger partial charge in [-0.05, 0) is 117 Å². The Morgan fingerprint density at radius 1 is 0.303 bits per heavy atom. The van der Waals surface area contributed by atoms with Crippen LogP contribution >= 0.6 is 0 Å². The molecule has 0 fully saturated rings. The molecule has 0 aliphatic rings. The summed E-state index contributed by atoms with van der Waals surface area (Å²) in [5.74, 6) is 1.75. The van der Waals surface area contributed by atoms with E-state index in [0.717, 1.165) is 48.3 Å². The van der Waals surface area contributed by atoms with E-state index in [2.05, 4.69) is 236 Å². The van der Waals surface area contributed by atoms with Crippen molar-refractivity contribution >= 4 is 11.4 Å². The molecule has 0 saturated carbocycles. The number of anilines is 2. The van der Waals surface area contributed by atoms with Crippen molar-refractivity contribution in [2.45, 2.75) is 53.4 Å². The smallest absolute Gasteiger partial charge is 0.127 e. The van der Waals surface area contributed by atoms with E-state index >= 15 is 0 Å². The third-order valence-corrected chi connectivity index (χ3v) is 12.8. The molecule has 336 valence electrons. The van der Waals surface area contributed by atoms with Gasteiger partial charge < -0.3 is 19.3 Å². The molecule has 0 atom stereocenters. The van der Waals surface area contributed by atoms with Gasteiger partial charge in [0.2, 0.25) is 0 Å². The fraction of sp³-hybridized carbons (Fsp3) is 0.226. The van der Waals surface area contributed by atoms with E-state index in [-0.39, 0.29) is 0 Å². The number of ether oxygens (including phenoxy) is 2. The van der Waals surface area contributed by atoms with Crippen LogP contribution in [0.1, 0.15) is 49.9 Å². The van der Waals surface area contributed by atoms with Crippen molar-refractivity contribution in [1.29, 1.82) is 0 Å². The molecule has 4 heteroatoms. The molecule has 66 heavy (non-hydrogen) atoms. The topological polar surface area (TPSA) is 24.9 Å². The third kappa shape index (κ3) is 9.51. The van der Waals surface area contributed by atoms with E-state index in [1.54, 1.807) is 14.2 Å². The van der Waals surface area contributed by atoms with Crippen LogP contribution in [0.4, 0.5) is 11.4 Å². The minimum atomic E-state index is 0.875. The van der Waals surface area contributed by atoms with Crippen LogP contribution in [0.2, 0.25) is 0 Å². The van der Waals surface area contributed by atoms with Crippen LogP contribution in [0, 0.1) is 0 Å². The molecule has 8 aromatic rings. The summed E-state index contributed by atoms with van der Waals surface area (Å²) in [4.78, 5) is 4.52. The maximum Gasteiger partial charge on any atom is 0.127 e. The fourth-order valence-electron chi connectivity index (χ4n) is 9.74. The highest BCUT2D eigenvalue weighted by atomic mass is 16.5. The van der Waals surface area contributed by atoms with Gasteiger partial charge in [-0.1, -0.05) is 173 Å². The molecule has 0 spiro atoms. The Morgan fingerprint density at radius 3 is 0.773 bits per heavy atom. The number of hydrogen-bond acceptors (Lipinski definition) is 4. The molecule has 0 amide bonds. The third-order valence-electron chi connectivity index (χ3n) is 12.8. The highest BCUT2D eigenvalue weighted by Crippen LogP contribution is 2.49. The first-order valence-corrected chi connectivity index (χ1v) is 23.5. The molecule has 0 saturated heterocycles. The molecule has 0 aromatic heterocycles. The summed E-state index contributed by atoms with van der Waals surface area (Å²) in [6, 6.07) is 60.5. The van der Waals surface area contributed by atoms with E-state index in [9.17, 15) is 0 Å². The predicted molar refractivity (Wildman–Crippen MR) is 285 cm³/mol. The predicted octanol–water partition coefficient (Wildman–Crippen LogP) is 15.8. The number of nitrogens with zero attached hydrogens (tertiary/aromatic N) is 2. The summed E-state index contributed by atoms with van der Waals surface area (Å²) in [7, 11) is 12.1. The zero-order chi connectivity index (χ0) is 46.7. The zero-order valence-corrected chi connectivity index (χ0v) is 40.7. The van der Waals surface area contributed by atoms with Gasteiger partial charge in [0.15, 0.2) is 0 Å². The zero-order valence-electron chi connectivity index (χ0n) is 40.7. The second-order valence-corrected chi connectivity index (χ2v) is 17.0. The van der Waals surface area contributed by atoms with Crippen LogP contribution in [0.5, 0.6) is 11.5 Å². The maximum absolute atomic E-state index is 5.92. The monoisotopic (exact) mass is 871 g/mol. The molecule has 0 unspecified atom stereocenters. The molecular weight excluding hydrogens is 805 g/mol. The quantitative estimate of drug-likeness (QED) is 0.109. The van der Waals surface area contributed by atoms with Crippen molar-refractivity contribution < 1.29 is 9.47 Å². The Labute approximate surface area is 395 Å². The van der Waals surface area contributed by atoms with E-state index in [0.29, 0.717) is 0 Å². The van der Waals surface area contributed by atoms with Crippen LogP contribution in [0.3, 0.4) is 0 Å². The van der Waals surface area contributed by atoms with E-state index < -0.39 is 0 Å². The average Bonchev–Trinajstić information content (AvgIpc) is 3.37. The Balaban J connectivity index is 0.000000197. The van der Waals surface area contributed by atoms with Gasteiger partial charge in [-0.2, -0.15) is 0 Å². The molecule has 4 nitrogen and oxygen atoms in total. The minimum Gasteiger partial charge on any atom is -0.496 e. The Bertz CT molecular complexity index is 2650. The van der Waals surface area contributed by atoms with E-state index in [1.165, 1.54) is 89.3 Å². The van der Waals surface area contributed by atoms with Gasteiger partial charge in [0.1, 0.15) is 11.5 Å². The lowest BCUT2D eigenvalue weighted by Crippen LogP contribution is -2.15. The lowest BCUT2D eigenvalue weighted by Gasteiger charge is -2.29. The van der Waals surface area contributed by atoms with E-state index in [4.69, 9.17) is 9.47 Å². The molecule has 0 aliphatic heterocycles. The summed E-state index contributed by atoms with van der Waals surface area (Å²) in [5.41, 5.74) is 22.9. The summed E-state index contributed by atoms with van der Waals surface area (Å²) in [6.07, 6.45) is 3.71. The van der Waals surface area contributed by atoms with Crippen molar-refractivity contribution in [2.24, 2.45) is 0 Å². The van der Waals surface area contributed by atoms with Gasteiger partial charge in [-0.25, -0.2) is 0 Å². The van der Waals surface area contributed by atoms with Crippen molar-refractivity contribution in [1.82, 2.24) is 0 Å². The van der Waals surface area contributed by atoms with Gasteiger partial charge in [0.05, 0.1) is 14.2 Å². The van der Waals surface area contributed by atoms with Crippen molar-refractivity contribution in [3.63, 3.8) is 0 Å². The second kappa shape index (κ2) is 21.8. The number of rotatable bonds is 14. The molecule has 0 N–H and O–H groups in total. The first-order chi connectivity index (χ1) is 32.2. The molecular formula is C62H66N2O2. The molecule has 0 aliphatic carbocycles. The fourth-order valence-corrected chi connectivity index (χ4v) is 9.74.